The van der Waals surface area contributed by atoms with Gasteiger partial charge in [0.05, 0.1) is 51.1 Å². The monoisotopic (exact) mass is 1280 g/mol. The summed E-state index contributed by atoms with van der Waals surface area (Å²) in [7, 11) is 0. The average molecular weight is 1280 g/mol. The van der Waals surface area contributed by atoms with Crippen molar-refractivity contribution in [1.29, 1.82) is 0 Å². The maximum atomic E-state index is 14.2. The van der Waals surface area contributed by atoms with E-state index >= 15 is 0 Å². The number of nitrogens with two attached hydrogens (primary N) is 2. The summed E-state index contributed by atoms with van der Waals surface area (Å²) in [5, 5.41) is 78.5. The summed E-state index contributed by atoms with van der Waals surface area (Å²) in [4.78, 5) is 234. The molecule has 37 heteroatoms. The first kappa shape index (κ1) is 75.4. The van der Waals surface area contributed by atoms with Crippen LogP contribution in [0.15, 0.2) is 35.3 Å². The fraction of sp³-hybridized carbons (Fsp3) is 0.528. The molecular formula is C53H73N13O24. The normalized spacial score (nSPS) is 17.8. The van der Waals surface area contributed by atoms with Crippen molar-refractivity contribution in [2.24, 2.45) is 16.5 Å². The van der Waals surface area contributed by atoms with Gasteiger partial charge >= 0.3 is 35.8 Å². The Bertz CT molecular complexity index is 2880. The highest BCUT2D eigenvalue weighted by Gasteiger charge is 2.37. The molecular weight excluding hydrogens is 1200 g/mol. The lowest BCUT2D eigenvalue weighted by molar-refractivity contribution is -0.145. The maximum Gasteiger partial charge on any atom is 0.305 e. The second kappa shape index (κ2) is 38.5. The number of rotatable bonds is 37. The van der Waals surface area contributed by atoms with E-state index in [0.717, 1.165) is 6.92 Å². The zero-order valence-electron chi connectivity index (χ0n) is 48.4. The number of carboxylic acid groups (broad SMARTS) is 6. The van der Waals surface area contributed by atoms with Crippen LogP contribution in [0.3, 0.4) is 0 Å². The molecule has 1 aliphatic rings. The lowest BCUT2D eigenvalue weighted by Gasteiger charge is -2.26. The molecule has 0 radical (unpaired) electrons. The summed E-state index contributed by atoms with van der Waals surface area (Å²) < 4.78 is 0. The van der Waals surface area contributed by atoms with Gasteiger partial charge in [0.25, 0.3) is 0 Å². The quantitative estimate of drug-likeness (QED) is 0.0167. The number of aliphatic carboxylic acids is 6. The number of Topliss-reactive ketones (excluding diaryl/α,β-unsaturated/α-hetero) is 2. The molecule has 0 aromatic heterocycles. The molecule has 0 aliphatic carbocycles. The molecule has 1 aliphatic heterocycles. The van der Waals surface area contributed by atoms with Crippen LogP contribution in [-0.4, -0.2) is 211 Å². The molecule has 0 saturated carbocycles. The first-order chi connectivity index (χ1) is 42.2. The van der Waals surface area contributed by atoms with E-state index in [1.807, 2.05) is 26.6 Å². The van der Waals surface area contributed by atoms with Crippen molar-refractivity contribution in [2.45, 2.75) is 164 Å². The van der Waals surface area contributed by atoms with Gasteiger partial charge in [-0.2, -0.15) is 0 Å². The number of amides is 10. The zero-order chi connectivity index (χ0) is 67.8. The predicted molar refractivity (Wildman–Crippen MR) is 302 cm³/mol. The van der Waals surface area contributed by atoms with E-state index in [4.69, 9.17) is 16.6 Å². The van der Waals surface area contributed by atoms with Gasteiger partial charge < -0.3 is 95.3 Å². The van der Waals surface area contributed by atoms with Crippen LogP contribution < -0.4 is 64.6 Å². The van der Waals surface area contributed by atoms with Crippen LogP contribution in [0.5, 0.6) is 0 Å². The number of hydrogen-bond donors (Lipinski definition) is 18. The van der Waals surface area contributed by atoms with Gasteiger partial charge in [-0.1, -0.05) is 43.2 Å². The molecule has 494 valence electrons. The fourth-order valence-corrected chi connectivity index (χ4v) is 8.48. The number of carbonyl (C=O) groups is 18. The first-order valence-electron chi connectivity index (χ1n) is 27.7. The van der Waals surface area contributed by atoms with Crippen LogP contribution in [0.2, 0.25) is 0 Å². The molecule has 2 unspecified atom stereocenters. The summed E-state index contributed by atoms with van der Waals surface area (Å²) in [5.74, 6) is -24.2. The Kier molecular flexibility index (Phi) is 32.3. The molecule has 10 amide bonds. The fourth-order valence-electron chi connectivity index (χ4n) is 8.48. The summed E-state index contributed by atoms with van der Waals surface area (Å²) in [6, 6.07) is -8.49. The highest BCUT2D eigenvalue weighted by Crippen LogP contribution is 2.14. The molecule has 2 rings (SSSR count). The second-order valence-corrected chi connectivity index (χ2v) is 20.4. The summed E-state index contributed by atoms with van der Waals surface area (Å²) >= 11 is 0. The van der Waals surface area contributed by atoms with E-state index < -0.39 is 225 Å². The van der Waals surface area contributed by atoms with E-state index in [-0.39, 0.29) is 57.5 Å². The topological polar surface area (TPSA) is 613 Å². The molecule has 0 bridgehead atoms. The molecule has 37 nitrogen and oxygen atoms in total. The van der Waals surface area contributed by atoms with Crippen LogP contribution in [0.4, 0.5) is 0 Å². The molecule has 1 aromatic carbocycles. The van der Waals surface area contributed by atoms with Crippen LogP contribution >= 0.6 is 0 Å². The molecule has 1 saturated heterocycles. The molecule has 20 N–H and O–H groups in total. The highest BCUT2D eigenvalue weighted by atomic mass is 16.4. The third-order valence-corrected chi connectivity index (χ3v) is 12.8. The van der Waals surface area contributed by atoms with Gasteiger partial charge in [0.2, 0.25) is 59.1 Å². The number of guanidine groups is 1. The third-order valence-electron chi connectivity index (χ3n) is 12.8. The summed E-state index contributed by atoms with van der Waals surface area (Å²) in [6.07, 6.45) is -9.48. The molecule has 0 spiro atoms. The smallest absolute Gasteiger partial charge is 0.305 e. The van der Waals surface area contributed by atoms with Crippen LogP contribution in [0.25, 0.3) is 0 Å². The maximum absolute atomic E-state index is 14.2. The Morgan fingerprint density at radius 3 is 1.38 bits per heavy atom. The molecule has 90 heavy (non-hydrogen) atoms. The van der Waals surface area contributed by atoms with E-state index in [0.29, 0.717) is 5.56 Å². The highest BCUT2D eigenvalue weighted by molar-refractivity contribution is 6.01. The van der Waals surface area contributed by atoms with Crippen molar-refractivity contribution in [1.82, 2.24) is 53.2 Å². The van der Waals surface area contributed by atoms with Crippen molar-refractivity contribution in [3.63, 3.8) is 0 Å². The number of unbranched alkanes of at least 4 members (excludes halogenated alkanes) is 2. The Morgan fingerprint density at radius 2 is 0.911 bits per heavy atom. The van der Waals surface area contributed by atoms with Gasteiger partial charge in [-0.25, -0.2) is 0 Å². The largest absolute Gasteiger partial charge is 0.481 e. The van der Waals surface area contributed by atoms with Crippen molar-refractivity contribution in [3.05, 3.63) is 35.9 Å². The van der Waals surface area contributed by atoms with Gasteiger partial charge in [-0.05, 0) is 38.2 Å². The van der Waals surface area contributed by atoms with Crippen LogP contribution in [-0.2, 0) is 92.7 Å². The van der Waals surface area contributed by atoms with Crippen LogP contribution in [0, 0.1) is 0 Å². The number of aliphatic imine (C=N–C) groups is 1. The number of hydrogen-bond acceptors (Lipinski definition) is 19. The van der Waals surface area contributed by atoms with Gasteiger partial charge in [0, 0.05) is 32.2 Å². The minimum absolute atomic E-state index is 0.00380. The van der Waals surface area contributed by atoms with Crippen molar-refractivity contribution in [3.8, 4) is 0 Å². The first-order valence-corrected chi connectivity index (χ1v) is 27.7. The van der Waals surface area contributed by atoms with Gasteiger partial charge in [-0.15, -0.1) is 0 Å². The third kappa shape index (κ3) is 30.1. The molecule has 1 fully saturated rings. The average Bonchev–Trinajstić information content (AvgIpc) is 1.29. The zero-order valence-corrected chi connectivity index (χ0v) is 48.4. The molecule has 1 aromatic rings. The van der Waals surface area contributed by atoms with Crippen molar-refractivity contribution < 1.29 is 117 Å². The number of nitrogens with one attached hydrogen (secondary N) is 10. The van der Waals surface area contributed by atoms with Crippen LogP contribution in [0.1, 0.15) is 109 Å². The van der Waals surface area contributed by atoms with E-state index in [1.165, 1.54) is 0 Å². The van der Waals surface area contributed by atoms with Gasteiger partial charge in [0.1, 0.15) is 54.1 Å². The number of nitrogens with zero attached hydrogens (tertiary/aromatic N) is 1. The Labute approximate surface area is 510 Å². The predicted octanol–water partition coefficient (Wildman–Crippen LogP) is -6.49. The number of carbonyl (C=O) groups excluding carboxylic acids is 12. The minimum atomic E-state index is -2.34. The minimum Gasteiger partial charge on any atom is -0.481 e. The van der Waals surface area contributed by atoms with Gasteiger partial charge in [0.15, 0.2) is 11.7 Å². The number of benzene rings is 1. The Hall–Kier alpha value is -10.7. The summed E-state index contributed by atoms with van der Waals surface area (Å²) in [6.45, 7) is 0.429. The van der Waals surface area contributed by atoms with E-state index in [2.05, 4.69) is 31.6 Å². The van der Waals surface area contributed by atoms with Crippen molar-refractivity contribution in [2.75, 3.05) is 13.1 Å². The van der Waals surface area contributed by atoms with E-state index in [9.17, 15) is 112 Å². The molecule has 9 atom stereocenters. The Balaban J connectivity index is 2.40. The number of ketones is 2. The lowest BCUT2D eigenvalue weighted by Crippen LogP contribution is -2.59. The standard InChI is InChI=1S/C53H73N13O24/c1-25(67)17-30-47(85)63-31(18-26-9-4-2-5-10-26)48(86)61-28(46(84)60-27(12-8-16-56-53(54)55)45(83)57-24-38(70)59-30)11-6-3-7-13-36(68)29(19-40(73)74)62-50(88)33(21-42(77)78)65-52(90)35(23-44(81)82)66-51(89)34(22-43(79)80)64-49(87)32(20-41(75)76)58-37(69)14-15-39(71)72/h2,4-5,9-10,27-35H,3,6-8,11-24H2,1H3,(H,57,83)(H,58,69)(H,59,70)(H,60,84)(H,61,86)(H,62,88)(H,63,85)(H,64,87)(H,65,90)(H,66,89)(H,71,72)(H,73,74)(H,75,76)(H,77,78)(H,79,80)(H,81,82)(H4,54,55,56)/t27?,28?,29-,30-,31+,32-,33-,34-,35-/m0/s1. The van der Waals surface area contributed by atoms with Crippen molar-refractivity contribution >= 4 is 112 Å². The van der Waals surface area contributed by atoms with E-state index in [1.54, 1.807) is 30.3 Å². The van der Waals surface area contributed by atoms with Gasteiger partial charge in [-0.3, -0.25) is 91.3 Å². The molecule has 1 heterocycles. The Morgan fingerprint density at radius 1 is 0.489 bits per heavy atom. The lowest BCUT2D eigenvalue weighted by atomic mass is 9.99. The summed E-state index contributed by atoms with van der Waals surface area (Å²) in [5.41, 5.74) is 11.4. The second-order valence-electron chi connectivity index (χ2n) is 20.4. The SMILES string of the molecule is CC(=O)C[C@@H]1NC(=O)CNC(=O)C(CCCN=C(N)N)NC(=O)C(CCCCCC(=O)[C@H](CC(=O)O)NC(=O)[C@H](CC(=O)O)NC(=O)[C@H](CC(=O)O)NC(=O)[C@H](CC(=O)O)NC(=O)[C@H](CC(=O)O)NC(=O)CCC(=O)O)NC(=O)[C@@H](Cc2ccccc2)NC1=O. The number of carboxylic acids is 6.